The third-order valence-electron chi connectivity index (χ3n) is 15.3. The van der Waals surface area contributed by atoms with Crippen LogP contribution in [0.5, 0.6) is 0 Å². The lowest BCUT2D eigenvalue weighted by Gasteiger charge is -2.42. The van der Waals surface area contributed by atoms with E-state index in [0.29, 0.717) is 0 Å². The highest BCUT2D eigenvalue weighted by atomic mass is 15.2. The van der Waals surface area contributed by atoms with Crippen LogP contribution in [0.1, 0.15) is 86.9 Å². The molecule has 0 atom stereocenters. The Balaban J connectivity index is 1.16. The van der Waals surface area contributed by atoms with Gasteiger partial charge in [-0.25, -0.2) is 0 Å². The number of unbranched alkanes of at least 4 members (excludes halogenated alkanes) is 2. The Bertz CT molecular complexity index is 3300. The van der Waals surface area contributed by atoms with Gasteiger partial charge in [0, 0.05) is 67.3 Å². The number of para-hydroxylation sites is 2. The minimum Gasteiger partial charge on any atom is -0.378 e. The van der Waals surface area contributed by atoms with Crippen LogP contribution in [0.4, 0.5) is 34.1 Å². The maximum Gasteiger partial charge on any atom is 0.332 e. The van der Waals surface area contributed by atoms with E-state index in [2.05, 4.69) is 226 Å². The highest BCUT2D eigenvalue weighted by Gasteiger charge is 2.49. The summed E-state index contributed by atoms with van der Waals surface area (Å²) in [6.45, 7) is 13.9. The largest absolute Gasteiger partial charge is 0.378 e. The van der Waals surface area contributed by atoms with E-state index in [4.69, 9.17) is 0 Å². The summed E-state index contributed by atoms with van der Waals surface area (Å²) in [5.41, 5.74) is 27.0. The third-order valence-corrected chi connectivity index (χ3v) is 15.3. The molecule has 2 aliphatic heterocycles. The third kappa shape index (κ3) is 6.40. The van der Waals surface area contributed by atoms with Crippen molar-refractivity contribution in [3.05, 3.63) is 203 Å². The van der Waals surface area contributed by atoms with Gasteiger partial charge in [-0.1, -0.05) is 150 Å². The summed E-state index contributed by atoms with van der Waals surface area (Å²) in [4.78, 5) is 5.06. The smallest absolute Gasteiger partial charge is 0.332 e. The molecular weight excluding hydrogens is 810 g/mol. The van der Waals surface area contributed by atoms with Crippen molar-refractivity contribution < 1.29 is 0 Å². The number of aromatic nitrogens is 1. The van der Waals surface area contributed by atoms with E-state index in [1.54, 1.807) is 0 Å². The molecule has 3 nitrogen and oxygen atoms in total. The van der Waals surface area contributed by atoms with Crippen molar-refractivity contribution in [2.24, 2.45) is 0 Å². The second kappa shape index (κ2) is 16.1. The summed E-state index contributed by atoms with van der Waals surface area (Å²) >= 11 is 0. The van der Waals surface area contributed by atoms with Crippen LogP contribution in [-0.2, 0) is 18.3 Å². The summed E-state index contributed by atoms with van der Waals surface area (Å²) in [7, 11) is 0. The van der Waals surface area contributed by atoms with Gasteiger partial charge in [0.1, 0.15) is 0 Å². The normalized spacial score (nSPS) is 13.6. The number of hydrogen-bond donors (Lipinski definition) is 0. The number of nitrogens with zero attached hydrogens (tertiary/aromatic N) is 3. The SMILES string of the molecule is CCCCc1ccc(N(c2ccc(CCCC)cc2)c2ccc3c(c2)N(c2ccccc2)c2cc(-c4c(C)cccc4C)cc4c2B3n2c3c(c5cccc-4c52)-c2ccccc2C3(C)C)cc1. The predicted molar refractivity (Wildman–Crippen MR) is 287 cm³/mol. The molecular formula is C63H58BN3. The second-order valence-electron chi connectivity index (χ2n) is 19.9. The van der Waals surface area contributed by atoms with Gasteiger partial charge in [0.05, 0.1) is 0 Å². The maximum atomic E-state index is 2.78. The first kappa shape index (κ1) is 41.4. The fourth-order valence-corrected chi connectivity index (χ4v) is 12.2. The Kier molecular flexibility index (Phi) is 9.94. The van der Waals surface area contributed by atoms with Crippen LogP contribution in [0, 0.1) is 13.8 Å². The highest BCUT2D eigenvalue weighted by molar-refractivity contribution is 6.89. The van der Waals surface area contributed by atoms with Gasteiger partial charge < -0.3 is 14.3 Å². The molecule has 0 unspecified atom stereocenters. The van der Waals surface area contributed by atoms with E-state index in [9.17, 15) is 0 Å². The summed E-state index contributed by atoms with van der Waals surface area (Å²) < 4.78 is 2.78. The number of hydrogen-bond acceptors (Lipinski definition) is 2. The fraction of sp³-hybridized carbons (Fsp3) is 0.206. The van der Waals surface area contributed by atoms with Gasteiger partial charge in [-0.2, -0.15) is 0 Å². The lowest BCUT2D eigenvalue weighted by atomic mass is 9.44. The van der Waals surface area contributed by atoms with Gasteiger partial charge in [-0.3, -0.25) is 0 Å². The van der Waals surface area contributed by atoms with Crippen LogP contribution in [0.15, 0.2) is 170 Å². The molecule has 4 heteroatoms. The van der Waals surface area contributed by atoms with Crippen LogP contribution in [-0.4, -0.2) is 11.3 Å². The molecule has 0 amide bonds. The number of benzene rings is 8. The molecule has 0 N–H and O–H groups in total. The zero-order valence-electron chi connectivity index (χ0n) is 39.8. The Labute approximate surface area is 397 Å². The quantitative estimate of drug-likeness (QED) is 0.120. The van der Waals surface area contributed by atoms with E-state index in [1.165, 1.54) is 137 Å². The van der Waals surface area contributed by atoms with Crippen molar-refractivity contribution >= 4 is 62.8 Å². The molecule has 8 aromatic carbocycles. The van der Waals surface area contributed by atoms with Crippen LogP contribution >= 0.6 is 0 Å². The second-order valence-corrected chi connectivity index (χ2v) is 19.9. The number of aryl methyl sites for hydroxylation is 4. The first-order valence-electron chi connectivity index (χ1n) is 24.8. The monoisotopic (exact) mass is 867 g/mol. The van der Waals surface area contributed by atoms with Gasteiger partial charge in [0.2, 0.25) is 0 Å². The predicted octanol–water partition coefficient (Wildman–Crippen LogP) is 15.8. The summed E-state index contributed by atoms with van der Waals surface area (Å²) in [6.07, 6.45) is 6.97. The van der Waals surface area contributed by atoms with Gasteiger partial charge in [0.15, 0.2) is 0 Å². The van der Waals surface area contributed by atoms with E-state index < -0.39 is 0 Å². The number of fused-ring (bicyclic) bond motifs is 9. The van der Waals surface area contributed by atoms with E-state index >= 15 is 0 Å². The zero-order chi connectivity index (χ0) is 45.6. The molecule has 0 bridgehead atoms. The van der Waals surface area contributed by atoms with Gasteiger partial charge in [0.25, 0.3) is 0 Å². The molecule has 1 aromatic heterocycles. The Morgan fingerprint density at radius 3 is 1.82 bits per heavy atom. The summed E-state index contributed by atoms with van der Waals surface area (Å²) in [5.74, 6) is 0. The Morgan fingerprint density at radius 2 is 1.15 bits per heavy atom. The fourth-order valence-electron chi connectivity index (χ4n) is 12.2. The van der Waals surface area contributed by atoms with Crippen molar-refractivity contribution in [3.63, 3.8) is 0 Å². The number of anilines is 6. The van der Waals surface area contributed by atoms with E-state index in [1.807, 2.05) is 0 Å². The molecule has 0 radical (unpaired) electrons. The summed E-state index contributed by atoms with van der Waals surface area (Å²) in [5, 5.41) is 1.34. The van der Waals surface area contributed by atoms with Gasteiger partial charge in [-0.05, 0) is 161 Å². The number of rotatable bonds is 11. The average Bonchev–Trinajstić information content (AvgIpc) is 3.82. The minimum absolute atomic E-state index is 0.0556. The van der Waals surface area contributed by atoms with Crippen molar-refractivity contribution in [1.29, 1.82) is 0 Å². The topological polar surface area (TPSA) is 11.4 Å². The van der Waals surface area contributed by atoms with Crippen LogP contribution in [0.2, 0.25) is 0 Å². The van der Waals surface area contributed by atoms with E-state index in [0.717, 1.165) is 24.2 Å². The first-order chi connectivity index (χ1) is 32.8. The van der Waals surface area contributed by atoms with Crippen LogP contribution in [0.3, 0.4) is 0 Å². The Morgan fingerprint density at radius 1 is 0.537 bits per heavy atom. The molecule has 9 aromatic rings. The zero-order valence-corrected chi connectivity index (χ0v) is 39.8. The molecule has 0 saturated carbocycles. The van der Waals surface area contributed by atoms with Crippen molar-refractivity contribution in [3.8, 4) is 33.4 Å². The van der Waals surface area contributed by atoms with Crippen LogP contribution in [0.25, 0.3) is 44.3 Å². The molecule has 3 heterocycles. The highest BCUT2D eigenvalue weighted by Crippen LogP contribution is 2.56. The standard InChI is InChI=1S/C63H58BN3/c1-7-9-20-43-28-32-47(33-29-43)65(48-34-30-44(31-35-48)21-10-8-2)49-36-37-55-56(40-49)66(46-22-12-11-13-23-46)57-39-45(58-41(3)18-16-19-42(58)4)38-53-50-25-17-26-52-59-51-24-14-15-27-54(51)63(5,6)62(59)67(61(50)52)64(55)60(53)57/h11-19,22-40H,7-10,20-21H2,1-6H3. The van der Waals surface area contributed by atoms with Crippen LogP contribution < -0.4 is 20.7 Å². The minimum atomic E-state index is -0.210. The van der Waals surface area contributed by atoms with Crippen molar-refractivity contribution in [1.82, 2.24) is 4.48 Å². The molecule has 12 rings (SSSR count). The molecule has 3 aliphatic rings. The molecule has 67 heavy (non-hydrogen) atoms. The molecule has 0 spiro atoms. The van der Waals surface area contributed by atoms with Gasteiger partial charge >= 0.3 is 6.85 Å². The lowest BCUT2D eigenvalue weighted by Crippen LogP contribution is -2.57. The van der Waals surface area contributed by atoms with Crippen molar-refractivity contribution in [2.75, 3.05) is 9.80 Å². The summed E-state index contributed by atoms with van der Waals surface area (Å²) in [6, 6.07) is 65.1. The first-order valence-corrected chi connectivity index (χ1v) is 24.8. The van der Waals surface area contributed by atoms with Crippen molar-refractivity contribution in [2.45, 2.75) is 85.5 Å². The van der Waals surface area contributed by atoms with Gasteiger partial charge in [-0.15, -0.1) is 0 Å². The van der Waals surface area contributed by atoms with E-state index in [-0.39, 0.29) is 12.3 Å². The molecule has 0 fully saturated rings. The maximum absolute atomic E-state index is 2.78. The molecule has 328 valence electrons. The molecule has 1 aliphatic carbocycles. The lowest BCUT2D eigenvalue weighted by molar-refractivity contribution is 0.632. The average molecular weight is 868 g/mol. The Hall–Kier alpha value is -7.04. The molecule has 0 saturated heterocycles.